The van der Waals surface area contributed by atoms with Crippen LogP contribution in [0.2, 0.25) is 0 Å². The molecule has 0 aromatic carbocycles. The van der Waals surface area contributed by atoms with Crippen molar-refractivity contribution in [1.82, 2.24) is 5.32 Å². The maximum Gasteiger partial charge on any atom is 0.240 e. The van der Waals surface area contributed by atoms with E-state index >= 15 is 0 Å². The maximum absolute atomic E-state index is 11.0. The fourth-order valence-corrected chi connectivity index (χ4v) is 0.558. The molecule has 4 N–H and O–H groups in total. The van der Waals surface area contributed by atoms with Gasteiger partial charge in [-0.15, -0.1) is 0 Å². The van der Waals surface area contributed by atoms with Gasteiger partial charge in [0.15, 0.2) is 0 Å². The van der Waals surface area contributed by atoms with Crippen LogP contribution >= 0.6 is 0 Å². The van der Waals surface area contributed by atoms with E-state index in [9.17, 15) is 9.59 Å². The van der Waals surface area contributed by atoms with Crippen molar-refractivity contribution in [2.24, 2.45) is 5.73 Å². The van der Waals surface area contributed by atoms with Crippen molar-refractivity contribution < 1.29 is 14.7 Å². The fraction of sp³-hybridized carbons (Fsp3) is 0.714. The molecule has 0 aliphatic carbocycles. The number of nitrogens with one attached hydrogen (secondary N) is 1. The molecule has 0 bridgehead atoms. The first kappa shape index (κ1) is 11.1. The largest absolute Gasteiger partial charge is 0.391 e. The minimum Gasteiger partial charge on any atom is -0.391 e. The van der Waals surface area contributed by atoms with Gasteiger partial charge in [0.1, 0.15) is 6.04 Å². The number of aliphatic hydroxyl groups excluding tert-OH is 1. The average molecular weight is 173 g/mol. The number of aliphatic hydroxyl groups is 1. The van der Waals surface area contributed by atoms with Crippen molar-refractivity contribution >= 4 is 12.2 Å². The van der Waals surface area contributed by atoms with E-state index in [1.54, 1.807) is 6.29 Å². The second-order valence-electron chi connectivity index (χ2n) is 2.61. The van der Waals surface area contributed by atoms with E-state index < -0.39 is 24.1 Å². The van der Waals surface area contributed by atoms with Gasteiger partial charge in [-0.1, -0.05) is 0 Å². The van der Waals surface area contributed by atoms with Gasteiger partial charge in [-0.25, -0.2) is 0 Å². The summed E-state index contributed by atoms with van der Waals surface area (Å²) in [5, 5.41) is 11.2. The maximum atomic E-state index is 11.0. The molecule has 1 radical (unpaired) electrons. The van der Waals surface area contributed by atoms with Crippen molar-refractivity contribution in [3.8, 4) is 0 Å². The van der Waals surface area contributed by atoms with Crippen LogP contribution in [-0.2, 0) is 9.59 Å². The first-order chi connectivity index (χ1) is 5.49. The van der Waals surface area contributed by atoms with Crippen molar-refractivity contribution in [3.63, 3.8) is 0 Å². The second-order valence-corrected chi connectivity index (χ2v) is 2.61. The predicted octanol–water partition coefficient (Wildman–Crippen LogP) is -1.69. The highest BCUT2D eigenvalue weighted by atomic mass is 16.3. The van der Waals surface area contributed by atoms with Gasteiger partial charge in [0.25, 0.3) is 0 Å². The Labute approximate surface area is 70.9 Å². The summed E-state index contributed by atoms with van der Waals surface area (Å²) in [7, 11) is 0. The molecular weight excluding hydrogens is 160 g/mol. The van der Waals surface area contributed by atoms with E-state index in [0.29, 0.717) is 0 Å². The van der Waals surface area contributed by atoms with Crippen molar-refractivity contribution in [1.29, 1.82) is 0 Å². The van der Waals surface area contributed by atoms with Crippen LogP contribution in [0.1, 0.15) is 13.8 Å². The number of rotatable bonds is 4. The monoisotopic (exact) mass is 173 g/mol. The van der Waals surface area contributed by atoms with Gasteiger partial charge in [0.2, 0.25) is 12.2 Å². The zero-order valence-corrected chi connectivity index (χ0v) is 7.07. The van der Waals surface area contributed by atoms with E-state index in [4.69, 9.17) is 10.8 Å². The summed E-state index contributed by atoms with van der Waals surface area (Å²) in [5.74, 6) is -0.555. The molecule has 0 aromatic rings. The molecule has 12 heavy (non-hydrogen) atoms. The summed E-state index contributed by atoms with van der Waals surface area (Å²) in [5.41, 5.74) is 5.27. The summed E-state index contributed by atoms with van der Waals surface area (Å²) >= 11 is 0. The molecule has 0 unspecified atom stereocenters. The van der Waals surface area contributed by atoms with Crippen molar-refractivity contribution in [2.45, 2.75) is 32.0 Å². The SMILES string of the molecule is C[C@H](O)[C@H](N)C(=O)N[C@@H](C)[C]=O. The average Bonchev–Trinajstić information content (AvgIpc) is 2.02. The van der Waals surface area contributed by atoms with Crippen LogP contribution < -0.4 is 11.1 Å². The first-order valence-corrected chi connectivity index (χ1v) is 3.60. The Balaban J connectivity index is 3.95. The highest BCUT2D eigenvalue weighted by Crippen LogP contribution is 1.89. The smallest absolute Gasteiger partial charge is 0.240 e. The molecule has 0 saturated heterocycles. The standard InChI is InChI=1S/C7H13N2O3/c1-4(3-10)9-7(12)6(8)5(2)11/h4-6,11H,8H2,1-2H3,(H,9,12)/t4-,5-,6-/m0/s1. The first-order valence-electron chi connectivity index (χ1n) is 3.60. The van der Waals surface area contributed by atoms with Gasteiger partial charge < -0.3 is 16.2 Å². The van der Waals surface area contributed by atoms with E-state index in [2.05, 4.69) is 5.32 Å². The van der Waals surface area contributed by atoms with E-state index in [-0.39, 0.29) is 0 Å². The van der Waals surface area contributed by atoms with Crippen LogP contribution in [-0.4, -0.2) is 35.5 Å². The molecule has 69 valence electrons. The van der Waals surface area contributed by atoms with Gasteiger partial charge in [0, 0.05) is 0 Å². The fourth-order valence-electron chi connectivity index (χ4n) is 0.558. The van der Waals surface area contributed by atoms with Gasteiger partial charge in [0.05, 0.1) is 12.1 Å². The molecule has 1 amide bonds. The second kappa shape index (κ2) is 4.84. The molecule has 3 atom stereocenters. The minimum absolute atomic E-state index is 0.555. The summed E-state index contributed by atoms with van der Waals surface area (Å²) in [4.78, 5) is 21.0. The van der Waals surface area contributed by atoms with Crippen LogP contribution in [0, 0.1) is 0 Å². The molecular formula is C7H13N2O3. The number of hydrogen-bond donors (Lipinski definition) is 3. The Morgan fingerprint density at radius 1 is 1.58 bits per heavy atom. The molecule has 5 nitrogen and oxygen atoms in total. The van der Waals surface area contributed by atoms with Crippen molar-refractivity contribution in [2.75, 3.05) is 0 Å². The Hall–Kier alpha value is -0.940. The highest BCUT2D eigenvalue weighted by molar-refractivity contribution is 5.84. The van der Waals surface area contributed by atoms with Crippen LogP contribution in [0.25, 0.3) is 0 Å². The molecule has 0 heterocycles. The molecule has 0 fully saturated rings. The van der Waals surface area contributed by atoms with E-state index in [0.717, 1.165) is 0 Å². The third-order valence-corrected chi connectivity index (χ3v) is 1.36. The molecule has 0 aliphatic rings. The van der Waals surface area contributed by atoms with Crippen LogP contribution in [0.5, 0.6) is 0 Å². The lowest BCUT2D eigenvalue weighted by molar-refractivity contribution is -0.124. The number of nitrogens with two attached hydrogens (primary N) is 1. The summed E-state index contributed by atoms with van der Waals surface area (Å²) in [6.07, 6.45) is 0.643. The van der Waals surface area contributed by atoms with E-state index in [1.165, 1.54) is 13.8 Å². The molecule has 0 aromatic heterocycles. The molecule has 0 aliphatic heterocycles. The normalized spacial score (nSPS) is 17.7. The zero-order chi connectivity index (χ0) is 9.72. The zero-order valence-electron chi connectivity index (χ0n) is 7.07. The van der Waals surface area contributed by atoms with Crippen LogP contribution in [0.15, 0.2) is 0 Å². The van der Waals surface area contributed by atoms with Gasteiger partial charge in [-0.05, 0) is 13.8 Å². The lowest BCUT2D eigenvalue weighted by atomic mass is 10.2. The number of hydrogen-bond acceptors (Lipinski definition) is 4. The lowest BCUT2D eigenvalue weighted by Crippen LogP contribution is -2.49. The van der Waals surface area contributed by atoms with Gasteiger partial charge in [-0.2, -0.15) is 0 Å². The molecule has 0 saturated carbocycles. The highest BCUT2D eigenvalue weighted by Gasteiger charge is 2.19. The van der Waals surface area contributed by atoms with Crippen LogP contribution in [0.3, 0.4) is 0 Å². The third kappa shape index (κ3) is 3.45. The molecule has 0 spiro atoms. The van der Waals surface area contributed by atoms with Gasteiger partial charge in [-0.3, -0.25) is 9.59 Å². The minimum atomic E-state index is -0.999. The Morgan fingerprint density at radius 2 is 2.08 bits per heavy atom. The Morgan fingerprint density at radius 3 is 2.42 bits per heavy atom. The van der Waals surface area contributed by atoms with E-state index in [1.807, 2.05) is 0 Å². The Kier molecular flexibility index (Phi) is 4.46. The quantitative estimate of drug-likeness (QED) is 0.473. The summed E-state index contributed by atoms with van der Waals surface area (Å²) in [6.45, 7) is 2.87. The molecule has 5 heteroatoms. The van der Waals surface area contributed by atoms with Crippen LogP contribution in [0.4, 0.5) is 0 Å². The molecule has 0 rings (SSSR count). The van der Waals surface area contributed by atoms with Crippen molar-refractivity contribution in [3.05, 3.63) is 0 Å². The summed E-state index contributed by atoms with van der Waals surface area (Å²) in [6, 6.07) is -1.69. The summed E-state index contributed by atoms with van der Waals surface area (Å²) < 4.78 is 0. The topological polar surface area (TPSA) is 92.4 Å². The number of carbonyl (C=O) groups is 1. The predicted molar refractivity (Wildman–Crippen MR) is 43.0 cm³/mol. The Bertz CT molecular complexity index is 170. The third-order valence-electron chi connectivity index (χ3n) is 1.36. The number of amides is 1. The lowest BCUT2D eigenvalue weighted by Gasteiger charge is -2.15. The van der Waals surface area contributed by atoms with Gasteiger partial charge >= 0.3 is 0 Å². The number of carbonyl (C=O) groups excluding carboxylic acids is 2.